The summed E-state index contributed by atoms with van der Waals surface area (Å²) in [5, 5.41) is 7.01. The molecule has 0 aliphatic carbocycles. The maximum atomic E-state index is 13.7. The van der Waals surface area contributed by atoms with Crippen LogP contribution in [0, 0.1) is 11.8 Å². The van der Waals surface area contributed by atoms with E-state index in [0.717, 1.165) is 43.1 Å². The second-order valence-corrected chi connectivity index (χ2v) is 10.9. The SMILES string of the molecule is CC(C)NC[C@@H](C(=O)N1CC2CN(c3ncnc4c3[C@H](C)CC(=O)N4)CC2C1)c1ccc(Cl)cc1. The van der Waals surface area contributed by atoms with Crippen LogP contribution in [-0.2, 0) is 9.59 Å². The highest BCUT2D eigenvalue weighted by Crippen LogP contribution is 2.41. The highest BCUT2D eigenvalue weighted by molar-refractivity contribution is 6.30. The van der Waals surface area contributed by atoms with Gasteiger partial charge in [0.25, 0.3) is 0 Å². The first kappa shape index (κ1) is 24.0. The van der Waals surface area contributed by atoms with E-state index in [-0.39, 0.29) is 23.7 Å². The van der Waals surface area contributed by atoms with Gasteiger partial charge in [0.05, 0.1) is 5.92 Å². The number of carbonyl (C=O) groups is 2. The van der Waals surface area contributed by atoms with Gasteiger partial charge in [0.2, 0.25) is 11.8 Å². The molecular weight excluding hydrogens is 464 g/mol. The molecule has 0 saturated carbocycles. The number of likely N-dealkylation sites (tertiary alicyclic amines) is 1. The highest BCUT2D eigenvalue weighted by atomic mass is 35.5. The predicted molar refractivity (Wildman–Crippen MR) is 137 cm³/mol. The Kier molecular flexibility index (Phi) is 6.68. The zero-order valence-electron chi connectivity index (χ0n) is 20.5. The number of hydrogen-bond acceptors (Lipinski definition) is 6. The van der Waals surface area contributed by atoms with Gasteiger partial charge in [-0.1, -0.05) is 44.5 Å². The number of fused-ring (bicyclic) bond motifs is 2. The van der Waals surface area contributed by atoms with Crippen LogP contribution in [0.15, 0.2) is 30.6 Å². The second kappa shape index (κ2) is 9.74. The van der Waals surface area contributed by atoms with Crippen molar-refractivity contribution in [1.29, 1.82) is 0 Å². The molecule has 1 aromatic heterocycles. The van der Waals surface area contributed by atoms with E-state index < -0.39 is 0 Å². The Morgan fingerprint density at radius 3 is 2.49 bits per heavy atom. The van der Waals surface area contributed by atoms with Gasteiger partial charge in [0.15, 0.2) is 0 Å². The molecule has 0 radical (unpaired) electrons. The molecule has 186 valence electrons. The van der Waals surface area contributed by atoms with Crippen LogP contribution in [0.1, 0.15) is 50.2 Å². The molecule has 2 saturated heterocycles. The summed E-state index contributed by atoms with van der Waals surface area (Å²) in [6.45, 7) is 10.1. The molecule has 0 bridgehead atoms. The van der Waals surface area contributed by atoms with E-state index in [9.17, 15) is 9.59 Å². The third-order valence-corrected chi connectivity index (χ3v) is 7.76. The quantitative estimate of drug-likeness (QED) is 0.638. The summed E-state index contributed by atoms with van der Waals surface area (Å²) in [6, 6.07) is 7.94. The molecule has 8 nitrogen and oxygen atoms in total. The number of amides is 2. The fraction of sp³-hybridized carbons (Fsp3) is 0.538. The lowest BCUT2D eigenvalue weighted by Crippen LogP contribution is -2.41. The van der Waals surface area contributed by atoms with Crippen molar-refractivity contribution < 1.29 is 9.59 Å². The fourth-order valence-electron chi connectivity index (χ4n) is 5.72. The van der Waals surface area contributed by atoms with Crippen LogP contribution in [-0.4, -0.2) is 65.4 Å². The number of nitrogens with one attached hydrogen (secondary N) is 2. The van der Waals surface area contributed by atoms with Crippen molar-refractivity contribution in [3.05, 3.63) is 46.7 Å². The molecule has 2 amide bonds. The standard InChI is InChI=1S/C26H33ClN6O2/c1-15(2)28-9-21(17-4-6-20(27)7-5-17)26(35)33-12-18-10-32(11-19(18)13-33)25-23-16(3)8-22(34)31-24(23)29-14-30-25/h4-7,14-16,18-19,21,28H,8-13H2,1-3H3,(H,29,30,31,34)/t16-,18?,19?,21-/m1/s1. The Morgan fingerprint density at radius 2 is 1.83 bits per heavy atom. The predicted octanol–water partition coefficient (Wildman–Crippen LogP) is 3.25. The number of carbonyl (C=O) groups excluding carboxylic acids is 2. The molecule has 35 heavy (non-hydrogen) atoms. The minimum atomic E-state index is -0.233. The molecule has 2 aromatic rings. The lowest BCUT2D eigenvalue weighted by molar-refractivity contribution is -0.132. The molecule has 2 N–H and O–H groups in total. The normalized spacial score (nSPS) is 24.4. The molecule has 5 rings (SSSR count). The maximum absolute atomic E-state index is 13.7. The first-order valence-electron chi connectivity index (χ1n) is 12.5. The van der Waals surface area contributed by atoms with Gasteiger partial charge in [-0.05, 0) is 23.6 Å². The number of hydrogen-bond donors (Lipinski definition) is 2. The van der Waals surface area contributed by atoms with E-state index in [1.165, 1.54) is 6.33 Å². The van der Waals surface area contributed by atoms with Gasteiger partial charge in [-0.25, -0.2) is 9.97 Å². The van der Waals surface area contributed by atoms with Gasteiger partial charge in [0.1, 0.15) is 18.0 Å². The summed E-state index contributed by atoms with van der Waals surface area (Å²) < 4.78 is 0. The summed E-state index contributed by atoms with van der Waals surface area (Å²) in [6.07, 6.45) is 1.99. The van der Waals surface area contributed by atoms with Gasteiger partial charge in [-0.15, -0.1) is 0 Å². The summed E-state index contributed by atoms with van der Waals surface area (Å²) >= 11 is 6.09. The number of anilines is 2. The Morgan fingerprint density at radius 1 is 1.14 bits per heavy atom. The van der Waals surface area contributed by atoms with Crippen LogP contribution in [0.2, 0.25) is 5.02 Å². The largest absolute Gasteiger partial charge is 0.355 e. The van der Waals surface area contributed by atoms with E-state index in [4.69, 9.17) is 11.6 Å². The molecule has 3 aliphatic rings. The van der Waals surface area contributed by atoms with Gasteiger partial charge in [-0.3, -0.25) is 9.59 Å². The Balaban J connectivity index is 1.29. The molecule has 4 atom stereocenters. The van der Waals surface area contributed by atoms with E-state index >= 15 is 0 Å². The fourth-order valence-corrected chi connectivity index (χ4v) is 5.84. The number of nitrogens with zero attached hydrogens (tertiary/aromatic N) is 4. The van der Waals surface area contributed by atoms with Gasteiger partial charge in [0, 0.05) is 67.6 Å². The average molecular weight is 497 g/mol. The Labute approximate surface area is 211 Å². The van der Waals surface area contributed by atoms with E-state index in [0.29, 0.717) is 41.7 Å². The van der Waals surface area contributed by atoms with E-state index in [1.54, 1.807) is 0 Å². The van der Waals surface area contributed by atoms with Crippen LogP contribution in [0.3, 0.4) is 0 Å². The average Bonchev–Trinajstić information content (AvgIpc) is 3.39. The van der Waals surface area contributed by atoms with Crippen molar-refractivity contribution in [3.63, 3.8) is 0 Å². The third kappa shape index (κ3) is 4.86. The third-order valence-electron chi connectivity index (χ3n) is 7.50. The van der Waals surface area contributed by atoms with E-state index in [1.807, 2.05) is 29.2 Å². The summed E-state index contributed by atoms with van der Waals surface area (Å²) in [7, 11) is 0. The van der Waals surface area contributed by atoms with Crippen LogP contribution >= 0.6 is 11.6 Å². The molecule has 0 spiro atoms. The molecule has 4 heterocycles. The van der Waals surface area contributed by atoms with Crippen molar-refractivity contribution in [2.45, 2.75) is 45.1 Å². The minimum absolute atomic E-state index is 0.00398. The van der Waals surface area contributed by atoms with Crippen LogP contribution in [0.5, 0.6) is 0 Å². The molecular formula is C26H33ClN6O2. The van der Waals surface area contributed by atoms with Crippen LogP contribution in [0.4, 0.5) is 11.6 Å². The molecule has 1 aromatic carbocycles. The monoisotopic (exact) mass is 496 g/mol. The maximum Gasteiger partial charge on any atom is 0.231 e. The summed E-state index contributed by atoms with van der Waals surface area (Å²) in [4.78, 5) is 38.9. The van der Waals surface area contributed by atoms with E-state index in [2.05, 4.69) is 46.3 Å². The summed E-state index contributed by atoms with van der Waals surface area (Å²) in [5.41, 5.74) is 2.03. The van der Waals surface area contributed by atoms with Crippen molar-refractivity contribution in [1.82, 2.24) is 20.2 Å². The number of aromatic nitrogens is 2. The first-order chi connectivity index (χ1) is 16.8. The smallest absolute Gasteiger partial charge is 0.231 e. The van der Waals surface area contributed by atoms with Gasteiger partial charge in [-0.2, -0.15) is 0 Å². The Bertz CT molecular complexity index is 1090. The lowest BCUT2D eigenvalue weighted by atomic mass is 9.94. The van der Waals surface area contributed by atoms with Gasteiger partial charge >= 0.3 is 0 Å². The molecule has 9 heteroatoms. The van der Waals surface area contributed by atoms with Crippen molar-refractivity contribution >= 4 is 35.1 Å². The number of rotatable bonds is 6. The molecule has 3 aliphatic heterocycles. The highest BCUT2D eigenvalue weighted by Gasteiger charge is 2.44. The summed E-state index contributed by atoms with van der Waals surface area (Å²) in [5.74, 6) is 2.40. The topological polar surface area (TPSA) is 90.5 Å². The van der Waals surface area contributed by atoms with Gasteiger partial charge < -0.3 is 20.4 Å². The Hall–Kier alpha value is -2.71. The van der Waals surface area contributed by atoms with Crippen molar-refractivity contribution in [3.8, 4) is 0 Å². The zero-order chi connectivity index (χ0) is 24.7. The second-order valence-electron chi connectivity index (χ2n) is 10.4. The van der Waals surface area contributed by atoms with Crippen LogP contribution < -0.4 is 15.5 Å². The zero-order valence-corrected chi connectivity index (χ0v) is 21.3. The lowest BCUT2D eigenvalue weighted by Gasteiger charge is -2.30. The molecule has 2 unspecified atom stereocenters. The number of halogens is 1. The minimum Gasteiger partial charge on any atom is -0.355 e. The van der Waals surface area contributed by atoms with Crippen molar-refractivity contribution in [2.24, 2.45) is 11.8 Å². The van der Waals surface area contributed by atoms with Crippen LogP contribution in [0.25, 0.3) is 0 Å². The number of benzene rings is 1. The molecule has 2 fully saturated rings. The first-order valence-corrected chi connectivity index (χ1v) is 12.8. The van der Waals surface area contributed by atoms with Crippen molar-refractivity contribution in [2.75, 3.05) is 42.9 Å².